The van der Waals surface area contributed by atoms with Gasteiger partial charge in [-0.2, -0.15) is 5.10 Å². The number of rotatable bonds is 7. The van der Waals surface area contributed by atoms with Crippen molar-refractivity contribution in [1.29, 1.82) is 0 Å². The number of carbonyl (C=O) groups excluding carboxylic acids is 2. The molecule has 0 aliphatic rings. The summed E-state index contributed by atoms with van der Waals surface area (Å²) in [5.74, 6) is -0.936. The number of nitrogens with zero attached hydrogens (tertiary/aromatic N) is 1. The maximum atomic E-state index is 13.3. The standard InChI is InChI=1S/C22H14Br3FN2O4/c23-15-9-18(24)21(19(25)10-15)31-12-20(29)28-27-11-13-3-1-6-17(7-13)32-22(30)14-4-2-5-16(26)8-14/h1-11H,12H2,(H,28,29)/b27-11-. The molecule has 1 amide bonds. The third kappa shape index (κ3) is 6.98. The number of hydrogen-bond acceptors (Lipinski definition) is 5. The number of halogens is 4. The summed E-state index contributed by atoms with van der Waals surface area (Å²) in [5, 5.41) is 3.88. The number of benzene rings is 3. The van der Waals surface area contributed by atoms with Crippen LogP contribution in [0.1, 0.15) is 15.9 Å². The third-order valence-electron chi connectivity index (χ3n) is 3.84. The number of carbonyl (C=O) groups is 2. The van der Waals surface area contributed by atoms with Crippen LogP contribution >= 0.6 is 47.8 Å². The fourth-order valence-electron chi connectivity index (χ4n) is 2.46. The molecule has 1 N–H and O–H groups in total. The highest BCUT2D eigenvalue weighted by Crippen LogP contribution is 2.36. The monoisotopic (exact) mass is 626 g/mol. The Hall–Kier alpha value is -2.56. The van der Waals surface area contributed by atoms with Crippen molar-refractivity contribution in [2.24, 2.45) is 5.10 Å². The van der Waals surface area contributed by atoms with Gasteiger partial charge in [0.2, 0.25) is 0 Å². The second kappa shape index (κ2) is 11.3. The Morgan fingerprint density at radius 1 is 1.00 bits per heavy atom. The lowest BCUT2D eigenvalue weighted by Crippen LogP contribution is -2.24. The molecule has 164 valence electrons. The van der Waals surface area contributed by atoms with Gasteiger partial charge >= 0.3 is 5.97 Å². The van der Waals surface area contributed by atoms with Gasteiger partial charge < -0.3 is 9.47 Å². The van der Waals surface area contributed by atoms with E-state index in [4.69, 9.17) is 9.47 Å². The van der Waals surface area contributed by atoms with Crippen LogP contribution in [0.15, 0.2) is 79.2 Å². The zero-order valence-corrected chi connectivity index (χ0v) is 20.9. The predicted octanol–water partition coefficient (Wildman–Crippen LogP) is 5.86. The first kappa shape index (κ1) is 24.1. The first-order valence-corrected chi connectivity index (χ1v) is 11.4. The summed E-state index contributed by atoms with van der Waals surface area (Å²) >= 11 is 10.1. The first-order valence-electron chi connectivity index (χ1n) is 8.99. The van der Waals surface area contributed by atoms with Crippen molar-refractivity contribution in [2.75, 3.05) is 6.61 Å². The van der Waals surface area contributed by atoms with Crippen LogP contribution < -0.4 is 14.9 Å². The zero-order valence-electron chi connectivity index (χ0n) is 16.2. The average Bonchev–Trinajstić information content (AvgIpc) is 2.73. The van der Waals surface area contributed by atoms with Crippen molar-refractivity contribution in [3.05, 3.63) is 91.0 Å². The number of ether oxygens (including phenoxy) is 2. The van der Waals surface area contributed by atoms with E-state index in [1.807, 2.05) is 0 Å². The summed E-state index contributed by atoms with van der Waals surface area (Å²) in [4.78, 5) is 24.1. The summed E-state index contributed by atoms with van der Waals surface area (Å²) in [6, 6.07) is 15.3. The lowest BCUT2D eigenvalue weighted by molar-refractivity contribution is -0.123. The molecule has 0 unspecified atom stereocenters. The van der Waals surface area contributed by atoms with E-state index in [9.17, 15) is 14.0 Å². The van der Waals surface area contributed by atoms with Crippen LogP contribution in [-0.2, 0) is 4.79 Å². The Morgan fingerprint density at radius 3 is 2.44 bits per heavy atom. The number of amides is 1. The topological polar surface area (TPSA) is 77.0 Å². The van der Waals surface area contributed by atoms with Gasteiger partial charge in [0.15, 0.2) is 6.61 Å². The smallest absolute Gasteiger partial charge is 0.343 e. The van der Waals surface area contributed by atoms with Gasteiger partial charge in [-0.15, -0.1) is 0 Å². The van der Waals surface area contributed by atoms with Gasteiger partial charge in [0, 0.05) is 4.47 Å². The van der Waals surface area contributed by atoms with Gasteiger partial charge in [-0.25, -0.2) is 14.6 Å². The normalized spacial score (nSPS) is 10.8. The highest BCUT2D eigenvalue weighted by Gasteiger charge is 2.11. The summed E-state index contributed by atoms with van der Waals surface area (Å²) in [7, 11) is 0. The van der Waals surface area contributed by atoms with Gasteiger partial charge in [-0.3, -0.25) is 4.79 Å². The molecule has 0 bridgehead atoms. The van der Waals surface area contributed by atoms with Crippen LogP contribution in [0.2, 0.25) is 0 Å². The van der Waals surface area contributed by atoms with Crippen molar-refractivity contribution in [3.8, 4) is 11.5 Å². The molecular formula is C22H14Br3FN2O4. The molecule has 0 aromatic heterocycles. The number of nitrogens with one attached hydrogen (secondary N) is 1. The molecule has 0 saturated heterocycles. The molecule has 0 atom stereocenters. The Morgan fingerprint density at radius 2 is 1.72 bits per heavy atom. The Labute approximate surface area is 208 Å². The van der Waals surface area contributed by atoms with E-state index < -0.39 is 17.7 Å². The molecule has 0 fully saturated rings. The molecule has 3 aromatic carbocycles. The molecule has 0 aliphatic heterocycles. The molecular weight excluding hydrogens is 615 g/mol. The van der Waals surface area contributed by atoms with Gasteiger partial charge in [-0.1, -0.05) is 34.1 Å². The Balaban J connectivity index is 1.54. The largest absolute Gasteiger partial charge is 0.481 e. The van der Waals surface area contributed by atoms with Crippen molar-refractivity contribution in [1.82, 2.24) is 5.43 Å². The lowest BCUT2D eigenvalue weighted by Gasteiger charge is -2.10. The highest BCUT2D eigenvalue weighted by molar-refractivity contribution is 9.11. The van der Waals surface area contributed by atoms with E-state index in [-0.39, 0.29) is 17.9 Å². The second-order valence-electron chi connectivity index (χ2n) is 6.25. The molecule has 32 heavy (non-hydrogen) atoms. The predicted molar refractivity (Wildman–Crippen MR) is 129 cm³/mol. The minimum Gasteiger partial charge on any atom is -0.481 e. The van der Waals surface area contributed by atoms with Crippen molar-refractivity contribution >= 4 is 65.9 Å². The maximum absolute atomic E-state index is 13.3. The number of hydrogen-bond donors (Lipinski definition) is 1. The highest BCUT2D eigenvalue weighted by atomic mass is 79.9. The van der Waals surface area contributed by atoms with Crippen LogP contribution in [-0.4, -0.2) is 24.7 Å². The van der Waals surface area contributed by atoms with Crippen molar-refractivity contribution in [2.45, 2.75) is 0 Å². The molecule has 3 rings (SSSR count). The Kier molecular flexibility index (Phi) is 8.54. The number of esters is 1. The average molecular weight is 629 g/mol. The van der Waals surface area contributed by atoms with Crippen LogP contribution in [0.3, 0.4) is 0 Å². The Bertz CT molecular complexity index is 1160. The summed E-state index contributed by atoms with van der Waals surface area (Å²) in [6.45, 7) is -0.249. The summed E-state index contributed by atoms with van der Waals surface area (Å²) in [5.41, 5.74) is 3.04. The third-order valence-corrected chi connectivity index (χ3v) is 5.48. The van der Waals surface area contributed by atoms with E-state index >= 15 is 0 Å². The van der Waals surface area contributed by atoms with Crippen molar-refractivity contribution in [3.63, 3.8) is 0 Å². The minimum atomic E-state index is -0.686. The van der Waals surface area contributed by atoms with E-state index in [2.05, 4.69) is 58.3 Å². The van der Waals surface area contributed by atoms with Gasteiger partial charge in [0.25, 0.3) is 5.91 Å². The first-order chi connectivity index (χ1) is 15.3. The van der Waals surface area contributed by atoms with E-state index in [1.54, 1.807) is 36.4 Å². The second-order valence-corrected chi connectivity index (χ2v) is 8.88. The molecule has 0 heterocycles. The molecule has 6 nitrogen and oxygen atoms in total. The fraction of sp³-hybridized carbons (Fsp3) is 0.0455. The van der Waals surface area contributed by atoms with Gasteiger partial charge in [-0.05, 0) is 79.9 Å². The number of hydrazone groups is 1. The van der Waals surface area contributed by atoms with Crippen LogP contribution in [0.25, 0.3) is 0 Å². The van der Waals surface area contributed by atoms with Crippen LogP contribution in [0.5, 0.6) is 11.5 Å². The van der Waals surface area contributed by atoms with E-state index in [0.29, 0.717) is 20.3 Å². The molecule has 0 saturated carbocycles. The molecule has 0 aliphatic carbocycles. The summed E-state index contributed by atoms with van der Waals surface area (Å²) < 4.78 is 26.2. The molecule has 3 aromatic rings. The summed E-state index contributed by atoms with van der Waals surface area (Å²) in [6.07, 6.45) is 1.39. The van der Waals surface area contributed by atoms with Gasteiger partial charge in [0.05, 0.1) is 20.7 Å². The van der Waals surface area contributed by atoms with Gasteiger partial charge in [0.1, 0.15) is 17.3 Å². The fourth-order valence-corrected chi connectivity index (χ4v) is 4.94. The lowest BCUT2D eigenvalue weighted by atomic mass is 10.2. The molecule has 0 radical (unpaired) electrons. The SMILES string of the molecule is O=C(COc1c(Br)cc(Br)cc1Br)N/N=C\c1cccc(OC(=O)c2cccc(F)c2)c1. The quantitative estimate of drug-likeness (QED) is 0.154. The molecule has 10 heteroatoms. The van der Waals surface area contributed by atoms with E-state index in [0.717, 1.165) is 10.5 Å². The maximum Gasteiger partial charge on any atom is 0.343 e. The zero-order chi connectivity index (χ0) is 23.1. The van der Waals surface area contributed by atoms with Crippen LogP contribution in [0.4, 0.5) is 4.39 Å². The van der Waals surface area contributed by atoms with Crippen LogP contribution in [0, 0.1) is 5.82 Å². The molecule has 0 spiro atoms. The minimum absolute atomic E-state index is 0.0976. The van der Waals surface area contributed by atoms with Crippen molar-refractivity contribution < 1.29 is 23.5 Å². The van der Waals surface area contributed by atoms with E-state index in [1.165, 1.54) is 24.4 Å².